The summed E-state index contributed by atoms with van der Waals surface area (Å²) in [5, 5.41) is 3.17. The largest absolute Gasteiger partial charge is 0.353 e. The molecule has 8 heteroatoms. The quantitative estimate of drug-likeness (QED) is 0.684. The highest BCUT2D eigenvalue weighted by Gasteiger charge is 2.27. The lowest BCUT2D eigenvalue weighted by molar-refractivity contribution is -0.121. The van der Waals surface area contributed by atoms with Gasteiger partial charge in [-0.2, -0.15) is 4.31 Å². The SMILES string of the molecule is CC(C)NC(=O)CN(Cc1ccccc1Cl)S(=O)(=O)c1ccc(Br)cc1. The third-order valence-corrected chi connectivity index (χ3v) is 6.23. The second-order valence-electron chi connectivity index (χ2n) is 6.04. The summed E-state index contributed by atoms with van der Waals surface area (Å²) in [6.07, 6.45) is 0. The van der Waals surface area contributed by atoms with E-state index in [1.54, 1.807) is 36.4 Å². The Morgan fingerprint density at radius 1 is 1.15 bits per heavy atom. The molecule has 26 heavy (non-hydrogen) atoms. The molecule has 1 amide bonds. The molecule has 0 aliphatic heterocycles. The molecule has 1 N–H and O–H groups in total. The molecule has 0 aromatic heterocycles. The smallest absolute Gasteiger partial charge is 0.243 e. The maximum absolute atomic E-state index is 13.1. The molecule has 0 unspecified atom stereocenters. The van der Waals surface area contributed by atoms with Crippen LogP contribution in [0.2, 0.25) is 5.02 Å². The van der Waals surface area contributed by atoms with Crippen molar-refractivity contribution in [2.24, 2.45) is 0 Å². The summed E-state index contributed by atoms with van der Waals surface area (Å²) < 4.78 is 28.0. The van der Waals surface area contributed by atoms with Crippen molar-refractivity contribution in [3.05, 3.63) is 63.6 Å². The Kier molecular flexibility index (Phi) is 7.23. The number of hydrogen-bond donors (Lipinski definition) is 1. The summed E-state index contributed by atoms with van der Waals surface area (Å²) in [5.41, 5.74) is 0.632. The van der Waals surface area contributed by atoms with Crippen LogP contribution in [0.15, 0.2) is 57.9 Å². The van der Waals surface area contributed by atoms with Crippen molar-refractivity contribution in [3.63, 3.8) is 0 Å². The lowest BCUT2D eigenvalue weighted by atomic mass is 10.2. The predicted molar refractivity (Wildman–Crippen MR) is 106 cm³/mol. The zero-order valence-electron chi connectivity index (χ0n) is 14.4. The lowest BCUT2D eigenvalue weighted by Gasteiger charge is -2.23. The van der Waals surface area contributed by atoms with Crippen molar-refractivity contribution in [2.45, 2.75) is 31.3 Å². The third kappa shape index (κ3) is 5.54. The number of hydrogen-bond acceptors (Lipinski definition) is 3. The van der Waals surface area contributed by atoms with Crippen LogP contribution >= 0.6 is 27.5 Å². The summed E-state index contributed by atoms with van der Waals surface area (Å²) in [6, 6.07) is 13.2. The Hall–Kier alpha value is -1.41. The van der Waals surface area contributed by atoms with Crippen LogP contribution in [0.3, 0.4) is 0 Å². The summed E-state index contributed by atoms with van der Waals surface area (Å²) in [4.78, 5) is 12.3. The van der Waals surface area contributed by atoms with E-state index in [0.717, 1.165) is 8.78 Å². The summed E-state index contributed by atoms with van der Waals surface area (Å²) >= 11 is 9.47. The van der Waals surface area contributed by atoms with Gasteiger partial charge in [0, 0.05) is 22.1 Å². The Morgan fingerprint density at radius 3 is 2.35 bits per heavy atom. The van der Waals surface area contributed by atoms with E-state index in [1.807, 2.05) is 13.8 Å². The minimum atomic E-state index is -3.87. The Labute approximate surface area is 167 Å². The van der Waals surface area contributed by atoms with Crippen LogP contribution in [0.25, 0.3) is 0 Å². The van der Waals surface area contributed by atoms with E-state index in [1.165, 1.54) is 12.1 Å². The fourth-order valence-electron chi connectivity index (χ4n) is 2.33. The van der Waals surface area contributed by atoms with Crippen molar-refractivity contribution in [1.29, 1.82) is 0 Å². The highest BCUT2D eigenvalue weighted by molar-refractivity contribution is 9.10. The number of carbonyl (C=O) groups excluding carboxylic acids is 1. The number of nitrogens with one attached hydrogen (secondary N) is 1. The first-order valence-electron chi connectivity index (χ1n) is 7.98. The van der Waals surface area contributed by atoms with E-state index < -0.39 is 10.0 Å². The second-order valence-corrected chi connectivity index (χ2v) is 9.30. The van der Waals surface area contributed by atoms with Crippen LogP contribution < -0.4 is 5.32 Å². The Bertz CT molecular complexity index is 870. The number of nitrogens with zero attached hydrogens (tertiary/aromatic N) is 1. The second kappa shape index (κ2) is 8.99. The van der Waals surface area contributed by atoms with Gasteiger partial charge < -0.3 is 5.32 Å². The van der Waals surface area contributed by atoms with Crippen LogP contribution in [0.4, 0.5) is 0 Å². The van der Waals surface area contributed by atoms with E-state index in [4.69, 9.17) is 11.6 Å². The molecule has 0 atom stereocenters. The molecule has 0 radical (unpaired) electrons. The van der Waals surface area contributed by atoms with Crippen LogP contribution in [0, 0.1) is 0 Å². The molecule has 5 nitrogen and oxygen atoms in total. The van der Waals surface area contributed by atoms with Crippen LogP contribution in [-0.2, 0) is 21.4 Å². The van der Waals surface area contributed by atoms with Crippen molar-refractivity contribution in [3.8, 4) is 0 Å². The van der Waals surface area contributed by atoms with Gasteiger partial charge in [-0.1, -0.05) is 45.7 Å². The van der Waals surface area contributed by atoms with Gasteiger partial charge >= 0.3 is 0 Å². The highest BCUT2D eigenvalue weighted by atomic mass is 79.9. The van der Waals surface area contributed by atoms with E-state index in [9.17, 15) is 13.2 Å². The average Bonchev–Trinajstić information content (AvgIpc) is 2.56. The minimum absolute atomic E-state index is 0.00356. The maximum Gasteiger partial charge on any atom is 0.243 e. The molecule has 2 aromatic carbocycles. The summed E-state index contributed by atoms with van der Waals surface area (Å²) in [5.74, 6) is -0.368. The fourth-order valence-corrected chi connectivity index (χ4v) is 4.16. The summed E-state index contributed by atoms with van der Waals surface area (Å²) in [7, 11) is -3.87. The average molecular weight is 460 g/mol. The first-order chi connectivity index (χ1) is 12.2. The lowest BCUT2D eigenvalue weighted by Crippen LogP contribution is -2.42. The highest BCUT2D eigenvalue weighted by Crippen LogP contribution is 2.23. The molecule has 2 rings (SSSR count). The summed E-state index contributed by atoms with van der Waals surface area (Å²) in [6.45, 7) is 3.35. The van der Waals surface area contributed by atoms with Gasteiger partial charge in [0.2, 0.25) is 15.9 Å². The maximum atomic E-state index is 13.1. The molecule has 0 bridgehead atoms. The number of rotatable bonds is 7. The Morgan fingerprint density at radius 2 is 1.77 bits per heavy atom. The van der Waals surface area contributed by atoms with Crippen molar-refractivity contribution in [1.82, 2.24) is 9.62 Å². The molecule has 0 saturated heterocycles. The normalized spacial score (nSPS) is 11.8. The third-order valence-electron chi connectivity index (χ3n) is 3.53. The van der Waals surface area contributed by atoms with E-state index in [0.29, 0.717) is 10.6 Å². The first kappa shape index (κ1) is 20.9. The molecule has 0 spiro atoms. The van der Waals surface area contributed by atoms with Crippen molar-refractivity contribution in [2.75, 3.05) is 6.54 Å². The minimum Gasteiger partial charge on any atom is -0.353 e. The monoisotopic (exact) mass is 458 g/mol. The van der Waals surface area contributed by atoms with Gasteiger partial charge in [-0.3, -0.25) is 4.79 Å². The van der Waals surface area contributed by atoms with Crippen LogP contribution in [-0.4, -0.2) is 31.2 Å². The van der Waals surface area contributed by atoms with Crippen molar-refractivity contribution < 1.29 is 13.2 Å². The van der Waals surface area contributed by atoms with Gasteiger partial charge in [-0.05, 0) is 49.7 Å². The Balaban J connectivity index is 2.37. The van der Waals surface area contributed by atoms with Gasteiger partial charge in [0.25, 0.3) is 0 Å². The molecule has 0 heterocycles. The number of carbonyl (C=O) groups is 1. The predicted octanol–water partition coefficient (Wildman–Crippen LogP) is 3.82. The van der Waals surface area contributed by atoms with Gasteiger partial charge in [0.1, 0.15) is 0 Å². The molecular weight excluding hydrogens is 440 g/mol. The molecule has 0 saturated carbocycles. The number of sulfonamides is 1. The zero-order valence-corrected chi connectivity index (χ0v) is 17.6. The standard InChI is InChI=1S/C18H20BrClN2O3S/c1-13(2)21-18(23)12-22(11-14-5-3-4-6-17(14)20)26(24,25)16-9-7-15(19)8-10-16/h3-10,13H,11-12H2,1-2H3,(H,21,23). The molecule has 0 aliphatic rings. The topological polar surface area (TPSA) is 66.5 Å². The van der Waals surface area contributed by atoms with Gasteiger partial charge in [-0.25, -0.2) is 8.42 Å². The molecular formula is C18H20BrClN2O3S. The molecule has 0 fully saturated rings. The number of amides is 1. The van der Waals surface area contributed by atoms with Gasteiger partial charge in [0.15, 0.2) is 0 Å². The molecule has 0 aliphatic carbocycles. The number of halogens is 2. The van der Waals surface area contributed by atoms with Gasteiger partial charge in [0.05, 0.1) is 11.4 Å². The zero-order chi connectivity index (χ0) is 19.3. The van der Waals surface area contributed by atoms with E-state index >= 15 is 0 Å². The first-order valence-corrected chi connectivity index (χ1v) is 10.6. The fraction of sp³-hybridized carbons (Fsp3) is 0.278. The number of benzene rings is 2. The van der Waals surface area contributed by atoms with Crippen molar-refractivity contribution >= 4 is 43.5 Å². The molecule has 140 valence electrons. The van der Waals surface area contributed by atoms with E-state index in [-0.39, 0.29) is 29.9 Å². The van der Waals surface area contributed by atoms with E-state index in [2.05, 4.69) is 21.2 Å². The van der Waals surface area contributed by atoms with Crippen LogP contribution in [0.5, 0.6) is 0 Å². The molecule has 2 aromatic rings. The van der Waals surface area contributed by atoms with Crippen LogP contribution in [0.1, 0.15) is 19.4 Å². The van der Waals surface area contributed by atoms with Gasteiger partial charge in [-0.15, -0.1) is 0 Å².